The molecule has 9 nitrogen and oxygen atoms in total. The number of anilines is 2. The quantitative estimate of drug-likeness (QED) is 0.720. The molecule has 146 valence electrons. The predicted octanol–water partition coefficient (Wildman–Crippen LogP) is 1.87. The highest BCUT2D eigenvalue weighted by Crippen LogP contribution is 2.28. The number of piperazine rings is 1. The molecule has 0 aliphatic carbocycles. The van der Waals surface area contributed by atoms with E-state index in [4.69, 9.17) is 4.52 Å². The highest BCUT2D eigenvalue weighted by molar-refractivity contribution is 8.01. The summed E-state index contributed by atoms with van der Waals surface area (Å²) in [6.45, 7) is 8.47. The smallest absolute Gasteiger partial charge is 0.236 e. The van der Waals surface area contributed by atoms with Crippen molar-refractivity contribution in [3.63, 3.8) is 0 Å². The van der Waals surface area contributed by atoms with E-state index in [1.807, 2.05) is 18.7 Å². The minimum absolute atomic E-state index is 0.0217. The van der Waals surface area contributed by atoms with Crippen LogP contribution in [-0.4, -0.2) is 64.0 Å². The van der Waals surface area contributed by atoms with Crippen LogP contribution in [0.25, 0.3) is 0 Å². The average molecular weight is 411 g/mol. The summed E-state index contributed by atoms with van der Waals surface area (Å²) in [6, 6.07) is 1.66. The molecule has 0 radical (unpaired) electrons. The van der Waals surface area contributed by atoms with Crippen LogP contribution in [0.3, 0.4) is 0 Å². The Hall–Kier alpha value is -2.14. The largest absolute Gasteiger partial charge is 0.360 e. The number of carbonyl (C=O) groups excluding carboxylic acids is 2. The molecule has 0 bridgehead atoms. The Morgan fingerprint density at radius 1 is 1.30 bits per heavy atom. The van der Waals surface area contributed by atoms with E-state index < -0.39 is 0 Å². The summed E-state index contributed by atoms with van der Waals surface area (Å²) in [6.07, 6.45) is 0. The summed E-state index contributed by atoms with van der Waals surface area (Å²) < 4.78 is 5.65. The van der Waals surface area contributed by atoms with Gasteiger partial charge in [-0.05, 0) is 6.92 Å². The minimum Gasteiger partial charge on any atom is -0.360 e. The number of nitrogens with zero attached hydrogens (tertiary/aromatic N) is 5. The Bertz CT molecular complexity index is 798. The van der Waals surface area contributed by atoms with Crippen LogP contribution in [-0.2, 0) is 9.59 Å². The van der Waals surface area contributed by atoms with Crippen LogP contribution in [0.1, 0.15) is 19.6 Å². The van der Waals surface area contributed by atoms with E-state index in [0.717, 1.165) is 22.6 Å². The van der Waals surface area contributed by atoms with Gasteiger partial charge in [-0.15, -0.1) is 10.2 Å². The summed E-state index contributed by atoms with van der Waals surface area (Å²) in [5.41, 5.74) is 0. The van der Waals surface area contributed by atoms with Gasteiger partial charge in [-0.3, -0.25) is 9.59 Å². The number of thioether (sulfide) groups is 1. The van der Waals surface area contributed by atoms with E-state index in [-0.39, 0.29) is 23.5 Å². The molecule has 3 heterocycles. The fourth-order valence-corrected chi connectivity index (χ4v) is 4.30. The second-order valence-corrected chi connectivity index (χ2v) is 8.66. The van der Waals surface area contributed by atoms with E-state index >= 15 is 0 Å². The maximum atomic E-state index is 12.1. The van der Waals surface area contributed by atoms with Crippen molar-refractivity contribution in [2.75, 3.05) is 42.1 Å². The molecule has 1 N–H and O–H groups in total. The summed E-state index contributed by atoms with van der Waals surface area (Å²) >= 11 is 2.79. The van der Waals surface area contributed by atoms with E-state index in [2.05, 4.69) is 25.6 Å². The van der Waals surface area contributed by atoms with Crippen LogP contribution in [0.15, 0.2) is 14.9 Å². The van der Waals surface area contributed by atoms with Gasteiger partial charge in [-0.1, -0.05) is 42.1 Å². The van der Waals surface area contributed by atoms with Gasteiger partial charge in [0.1, 0.15) is 5.76 Å². The first-order valence-electron chi connectivity index (χ1n) is 8.65. The molecule has 1 aliphatic rings. The lowest BCUT2D eigenvalue weighted by molar-refractivity contribution is -0.134. The second-order valence-electron chi connectivity index (χ2n) is 6.48. The van der Waals surface area contributed by atoms with Crippen molar-refractivity contribution < 1.29 is 14.1 Å². The van der Waals surface area contributed by atoms with Crippen molar-refractivity contribution in [1.82, 2.24) is 20.3 Å². The van der Waals surface area contributed by atoms with Crippen molar-refractivity contribution >= 4 is 45.9 Å². The van der Waals surface area contributed by atoms with Crippen molar-refractivity contribution in [2.45, 2.75) is 25.1 Å². The number of amides is 2. The Kier molecular flexibility index (Phi) is 6.32. The number of aromatic nitrogens is 3. The summed E-state index contributed by atoms with van der Waals surface area (Å²) in [4.78, 5) is 28.0. The normalized spacial score (nSPS) is 14.7. The average Bonchev–Trinajstić information content (AvgIpc) is 3.28. The van der Waals surface area contributed by atoms with Crippen molar-refractivity contribution in [3.8, 4) is 0 Å². The molecule has 27 heavy (non-hydrogen) atoms. The van der Waals surface area contributed by atoms with Crippen LogP contribution in [0, 0.1) is 12.8 Å². The fourth-order valence-electron chi connectivity index (χ4n) is 2.60. The maximum absolute atomic E-state index is 12.1. The Labute approximate surface area is 165 Å². The standard InChI is InChI=1S/C16H22N6O3S2/c1-10(2)14(24)21-4-6-22(7-5-21)15-18-19-16(27-15)26-9-13(23)17-12-8-11(3)25-20-12/h8,10H,4-7,9H2,1-3H3,(H,17,20,23). The van der Waals surface area contributed by atoms with Crippen LogP contribution < -0.4 is 10.2 Å². The number of hydrogen-bond acceptors (Lipinski definition) is 9. The molecule has 2 aromatic heterocycles. The van der Waals surface area contributed by atoms with Gasteiger partial charge in [0, 0.05) is 38.2 Å². The SMILES string of the molecule is Cc1cc(NC(=O)CSc2nnc(N3CCN(C(=O)C(C)C)CC3)s2)no1. The molecule has 2 amide bonds. The highest BCUT2D eigenvalue weighted by atomic mass is 32.2. The van der Waals surface area contributed by atoms with Gasteiger partial charge in [0.05, 0.1) is 5.75 Å². The fraction of sp³-hybridized carbons (Fsp3) is 0.562. The van der Waals surface area contributed by atoms with Crippen molar-refractivity contribution in [3.05, 3.63) is 11.8 Å². The monoisotopic (exact) mass is 410 g/mol. The molecule has 1 saturated heterocycles. The molecule has 11 heteroatoms. The first-order chi connectivity index (χ1) is 12.9. The third-order valence-corrected chi connectivity index (χ3v) is 6.09. The summed E-state index contributed by atoms with van der Waals surface area (Å²) in [5, 5.41) is 15.6. The van der Waals surface area contributed by atoms with Gasteiger partial charge in [-0.2, -0.15) is 0 Å². The third-order valence-electron chi connectivity index (χ3n) is 3.97. The molecule has 1 aliphatic heterocycles. The molecule has 0 spiro atoms. The first-order valence-corrected chi connectivity index (χ1v) is 10.5. The highest BCUT2D eigenvalue weighted by Gasteiger charge is 2.24. The zero-order valence-electron chi connectivity index (χ0n) is 15.5. The topological polar surface area (TPSA) is 104 Å². The first kappa shape index (κ1) is 19.6. The predicted molar refractivity (Wildman–Crippen MR) is 104 cm³/mol. The Morgan fingerprint density at radius 3 is 2.67 bits per heavy atom. The lowest BCUT2D eigenvalue weighted by Crippen LogP contribution is -2.49. The van der Waals surface area contributed by atoms with Gasteiger partial charge in [0.15, 0.2) is 10.2 Å². The van der Waals surface area contributed by atoms with E-state index in [9.17, 15) is 9.59 Å². The van der Waals surface area contributed by atoms with Crippen LogP contribution in [0.2, 0.25) is 0 Å². The lowest BCUT2D eigenvalue weighted by atomic mass is 10.2. The molecule has 0 aromatic carbocycles. The van der Waals surface area contributed by atoms with Gasteiger partial charge in [0.2, 0.25) is 16.9 Å². The number of carbonyl (C=O) groups is 2. The zero-order valence-corrected chi connectivity index (χ0v) is 17.1. The molecule has 3 rings (SSSR count). The molecule has 1 fully saturated rings. The van der Waals surface area contributed by atoms with Gasteiger partial charge in [-0.25, -0.2) is 0 Å². The van der Waals surface area contributed by atoms with Crippen molar-refractivity contribution in [1.29, 1.82) is 0 Å². The van der Waals surface area contributed by atoms with E-state index in [0.29, 0.717) is 24.7 Å². The molecular formula is C16H22N6O3S2. The van der Waals surface area contributed by atoms with Gasteiger partial charge < -0.3 is 19.6 Å². The Balaban J connectivity index is 1.46. The van der Waals surface area contributed by atoms with Crippen LogP contribution in [0.5, 0.6) is 0 Å². The maximum Gasteiger partial charge on any atom is 0.236 e. The number of nitrogens with one attached hydrogen (secondary N) is 1. The molecule has 0 atom stereocenters. The van der Waals surface area contributed by atoms with Gasteiger partial charge in [0.25, 0.3) is 0 Å². The number of hydrogen-bond donors (Lipinski definition) is 1. The molecule has 0 unspecified atom stereocenters. The molecular weight excluding hydrogens is 388 g/mol. The minimum atomic E-state index is -0.175. The van der Waals surface area contributed by atoms with Crippen LogP contribution in [0.4, 0.5) is 10.9 Å². The van der Waals surface area contributed by atoms with Gasteiger partial charge >= 0.3 is 0 Å². The van der Waals surface area contributed by atoms with E-state index in [1.54, 1.807) is 13.0 Å². The number of rotatable bonds is 6. The van der Waals surface area contributed by atoms with Crippen molar-refractivity contribution in [2.24, 2.45) is 5.92 Å². The summed E-state index contributed by atoms with van der Waals surface area (Å²) in [7, 11) is 0. The third kappa shape index (κ3) is 5.19. The molecule has 0 saturated carbocycles. The Morgan fingerprint density at radius 2 is 2.04 bits per heavy atom. The lowest BCUT2D eigenvalue weighted by Gasteiger charge is -2.35. The van der Waals surface area contributed by atoms with Crippen LogP contribution >= 0.6 is 23.1 Å². The van der Waals surface area contributed by atoms with E-state index in [1.165, 1.54) is 23.1 Å². The summed E-state index contributed by atoms with van der Waals surface area (Å²) in [5.74, 6) is 1.31. The zero-order chi connectivity index (χ0) is 19.4. The number of aryl methyl sites for hydroxylation is 1. The second kappa shape index (κ2) is 8.70. The molecule has 2 aromatic rings.